The highest BCUT2D eigenvalue weighted by Gasteiger charge is 2.36. The number of nitrogens with zero attached hydrogens (tertiary/aromatic N) is 2. The van der Waals surface area contributed by atoms with E-state index in [4.69, 9.17) is 0 Å². The zero-order chi connectivity index (χ0) is 15.6. The van der Waals surface area contributed by atoms with Crippen LogP contribution in [0.1, 0.15) is 62.8 Å². The number of carbonyl (C=O) groups excluding carboxylic acids is 1. The number of rotatable bonds is 5. The average molecular weight is 324 g/mol. The molecule has 1 atom stereocenters. The molecule has 0 spiro atoms. The molecule has 7 heteroatoms. The van der Waals surface area contributed by atoms with Gasteiger partial charge in [-0.15, -0.1) is 10.2 Å². The minimum Gasteiger partial charge on any atom is -0.394 e. The smallest absolute Gasteiger partial charge is 0.321 e. The van der Waals surface area contributed by atoms with Crippen LogP contribution in [0.3, 0.4) is 0 Å². The molecule has 0 bridgehead atoms. The third kappa shape index (κ3) is 3.57. The molecule has 2 aliphatic carbocycles. The van der Waals surface area contributed by atoms with Gasteiger partial charge in [-0.25, -0.2) is 4.79 Å². The van der Waals surface area contributed by atoms with E-state index < -0.39 is 5.54 Å². The van der Waals surface area contributed by atoms with Gasteiger partial charge in [0.1, 0.15) is 5.01 Å². The van der Waals surface area contributed by atoms with Gasteiger partial charge in [0.2, 0.25) is 5.13 Å². The predicted molar refractivity (Wildman–Crippen MR) is 86.1 cm³/mol. The number of aliphatic hydroxyl groups excluding tert-OH is 1. The highest BCUT2D eigenvalue weighted by atomic mass is 32.1. The lowest BCUT2D eigenvalue weighted by Crippen LogP contribution is -2.55. The summed E-state index contributed by atoms with van der Waals surface area (Å²) in [5.74, 6) is 0.870. The predicted octanol–water partition coefficient (Wildman–Crippen LogP) is 2.87. The molecule has 1 aromatic heterocycles. The number of anilines is 1. The van der Waals surface area contributed by atoms with Gasteiger partial charge in [0, 0.05) is 5.92 Å². The van der Waals surface area contributed by atoms with Gasteiger partial charge in [0.25, 0.3) is 0 Å². The van der Waals surface area contributed by atoms with Crippen LogP contribution in [-0.2, 0) is 0 Å². The summed E-state index contributed by atoms with van der Waals surface area (Å²) in [5.41, 5.74) is -0.575. The fourth-order valence-electron chi connectivity index (χ4n) is 3.18. The Morgan fingerprint density at radius 1 is 1.27 bits per heavy atom. The standard InChI is InChI=1S/C15H24N4O2S/c1-15(9-20,11-5-3-2-4-6-11)17-13(21)16-14-19-18-12(22-14)10-7-8-10/h10-11,20H,2-9H2,1H3,(H2,16,17,19,21)/t15-/m0/s1. The minimum absolute atomic E-state index is 0.0471. The molecule has 2 saturated carbocycles. The van der Waals surface area contributed by atoms with Crippen LogP contribution in [0.2, 0.25) is 0 Å². The molecule has 0 unspecified atom stereocenters. The van der Waals surface area contributed by atoms with Crippen molar-refractivity contribution in [3.63, 3.8) is 0 Å². The summed E-state index contributed by atoms with van der Waals surface area (Å²) >= 11 is 1.44. The number of nitrogens with one attached hydrogen (secondary N) is 2. The quantitative estimate of drug-likeness (QED) is 0.777. The van der Waals surface area contributed by atoms with E-state index in [1.165, 1.54) is 43.4 Å². The molecular formula is C15H24N4O2S. The number of carbonyl (C=O) groups is 1. The SMILES string of the molecule is C[C@@](CO)(NC(=O)Nc1nnc(C2CC2)s1)C1CCCCC1. The van der Waals surface area contributed by atoms with Crippen LogP contribution in [-0.4, -0.2) is 33.5 Å². The zero-order valence-corrected chi connectivity index (χ0v) is 13.8. The fraction of sp³-hybridized carbons (Fsp3) is 0.800. The Morgan fingerprint density at radius 2 is 2.00 bits per heavy atom. The number of hydrogen-bond donors (Lipinski definition) is 3. The lowest BCUT2D eigenvalue weighted by Gasteiger charge is -2.39. The van der Waals surface area contributed by atoms with Crippen molar-refractivity contribution >= 4 is 22.5 Å². The van der Waals surface area contributed by atoms with Crippen molar-refractivity contribution in [1.29, 1.82) is 0 Å². The first-order valence-corrected chi connectivity index (χ1v) is 8.96. The van der Waals surface area contributed by atoms with Crippen molar-refractivity contribution in [3.05, 3.63) is 5.01 Å². The molecule has 1 heterocycles. The van der Waals surface area contributed by atoms with E-state index in [-0.39, 0.29) is 12.6 Å². The van der Waals surface area contributed by atoms with Crippen molar-refractivity contribution in [3.8, 4) is 0 Å². The van der Waals surface area contributed by atoms with Gasteiger partial charge in [0.05, 0.1) is 12.1 Å². The Labute approximate surface area is 134 Å². The lowest BCUT2D eigenvalue weighted by atomic mass is 9.76. The van der Waals surface area contributed by atoms with Crippen LogP contribution < -0.4 is 10.6 Å². The number of aromatic nitrogens is 2. The maximum atomic E-state index is 12.2. The molecule has 3 rings (SSSR count). The maximum Gasteiger partial charge on any atom is 0.321 e. The Hall–Kier alpha value is -1.21. The van der Waals surface area contributed by atoms with Crippen LogP contribution in [0.5, 0.6) is 0 Å². The van der Waals surface area contributed by atoms with Crippen molar-refractivity contribution < 1.29 is 9.90 Å². The van der Waals surface area contributed by atoms with Crippen molar-refractivity contribution in [1.82, 2.24) is 15.5 Å². The van der Waals surface area contributed by atoms with Gasteiger partial charge in [-0.3, -0.25) is 5.32 Å². The third-order valence-electron chi connectivity index (χ3n) is 4.82. The fourth-order valence-corrected chi connectivity index (χ4v) is 4.09. The molecule has 1 aromatic rings. The van der Waals surface area contributed by atoms with Gasteiger partial charge < -0.3 is 10.4 Å². The molecule has 0 radical (unpaired) electrons. The molecule has 2 aliphatic rings. The summed E-state index contributed by atoms with van der Waals surface area (Å²) in [4.78, 5) is 12.2. The number of urea groups is 1. The van der Waals surface area contributed by atoms with Crippen molar-refractivity contribution in [2.75, 3.05) is 11.9 Å². The normalized spacial score (nSPS) is 22.1. The zero-order valence-electron chi connectivity index (χ0n) is 13.0. The Kier molecular flexibility index (Phi) is 4.63. The molecule has 0 saturated heterocycles. The molecule has 2 fully saturated rings. The Morgan fingerprint density at radius 3 is 2.64 bits per heavy atom. The molecule has 22 heavy (non-hydrogen) atoms. The van der Waals surface area contributed by atoms with Gasteiger partial charge in [-0.2, -0.15) is 0 Å². The summed E-state index contributed by atoms with van der Waals surface area (Å²) in [6.07, 6.45) is 8.05. The second-order valence-electron chi connectivity index (χ2n) is 6.71. The van der Waals surface area contributed by atoms with E-state index in [1.54, 1.807) is 0 Å². The van der Waals surface area contributed by atoms with Gasteiger partial charge >= 0.3 is 6.03 Å². The van der Waals surface area contributed by atoms with Gasteiger partial charge in [-0.1, -0.05) is 30.6 Å². The first kappa shape index (κ1) is 15.7. The Balaban J connectivity index is 1.58. The molecule has 6 nitrogen and oxygen atoms in total. The van der Waals surface area contributed by atoms with Gasteiger partial charge in [0.15, 0.2) is 0 Å². The summed E-state index contributed by atoms with van der Waals surface area (Å²) in [5, 5.41) is 25.2. The molecule has 0 aromatic carbocycles. The van der Waals surface area contributed by atoms with E-state index in [2.05, 4.69) is 20.8 Å². The van der Waals surface area contributed by atoms with Crippen LogP contribution in [0.15, 0.2) is 0 Å². The van der Waals surface area contributed by atoms with Crippen LogP contribution in [0, 0.1) is 5.92 Å². The monoisotopic (exact) mass is 324 g/mol. The Bertz CT molecular complexity index is 525. The lowest BCUT2D eigenvalue weighted by molar-refractivity contribution is 0.103. The minimum atomic E-state index is -0.575. The first-order valence-electron chi connectivity index (χ1n) is 8.14. The maximum absolute atomic E-state index is 12.2. The van der Waals surface area contributed by atoms with Crippen LogP contribution >= 0.6 is 11.3 Å². The second-order valence-corrected chi connectivity index (χ2v) is 7.72. The number of hydrogen-bond acceptors (Lipinski definition) is 5. The molecule has 2 amide bonds. The molecule has 122 valence electrons. The van der Waals surface area contributed by atoms with Crippen molar-refractivity contribution in [2.24, 2.45) is 5.92 Å². The summed E-state index contributed by atoms with van der Waals surface area (Å²) < 4.78 is 0. The average Bonchev–Trinajstić information content (AvgIpc) is 3.28. The highest BCUT2D eigenvalue weighted by molar-refractivity contribution is 7.15. The largest absolute Gasteiger partial charge is 0.394 e. The topological polar surface area (TPSA) is 87.1 Å². The van der Waals surface area contributed by atoms with Crippen LogP contribution in [0.4, 0.5) is 9.93 Å². The number of amides is 2. The second kappa shape index (κ2) is 6.50. The highest BCUT2D eigenvalue weighted by Crippen LogP contribution is 2.42. The van der Waals surface area contributed by atoms with E-state index in [0.717, 1.165) is 17.8 Å². The van der Waals surface area contributed by atoms with Crippen LogP contribution in [0.25, 0.3) is 0 Å². The molecular weight excluding hydrogens is 300 g/mol. The van der Waals surface area contributed by atoms with E-state index in [9.17, 15) is 9.90 Å². The van der Waals surface area contributed by atoms with E-state index in [0.29, 0.717) is 17.0 Å². The van der Waals surface area contributed by atoms with E-state index >= 15 is 0 Å². The first-order chi connectivity index (χ1) is 10.6. The summed E-state index contributed by atoms with van der Waals surface area (Å²) in [6, 6.07) is -0.305. The molecule has 3 N–H and O–H groups in total. The van der Waals surface area contributed by atoms with Gasteiger partial charge in [-0.05, 0) is 38.5 Å². The number of aliphatic hydroxyl groups is 1. The molecule has 0 aliphatic heterocycles. The van der Waals surface area contributed by atoms with Crippen molar-refractivity contribution in [2.45, 2.75) is 63.3 Å². The summed E-state index contributed by atoms with van der Waals surface area (Å²) in [7, 11) is 0. The summed E-state index contributed by atoms with van der Waals surface area (Å²) in [6.45, 7) is 1.88. The van der Waals surface area contributed by atoms with E-state index in [1.807, 2.05) is 6.92 Å². The third-order valence-corrected chi connectivity index (χ3v) is 5.82.